The first-order chi connectivity index (χ1) is 7.50. The molecule has 2 saturated carbocycles. The molecule has 1 heterocycles. The zero-order chi connectivity index (χ0) is 11.6. The normalized spacial score (nSPS) is 40.6. The Labute approximate surface area is 93.8 Å². The van der Waals surface area contributed by atoms with Crippen molar-refractivity contribution in [3.8, 4) is 0 Å². The lowest BCUT2D eigenvalue weighted by Crippen LogP contribution is -2.47. The van der Waals surface area contributed by atoms with Gasteiger partial charge in [-0.15, -0.1) is 0 Å². The van der Waals surface area contributed by atoms with E-state index in [4.69, 9.17) is 0 Å². The van der Waals surface area contributed by atoms with Gasteiger partial charge in [0.1, 0.15) is 0 Å². The van der Waals surface area contributed by atoms with Crippen LogP contribution in [-0.2, 0) is 14.4 Å². The summed E-state index contributed by atoms with van der Waals surface area (Å²) in [5.74, 6) is -0.702. The molecule has 0 bridgehead atoms. The van der Waals surface area contributed by atoms with Crippen LogP contribution in [0, 0.1) is 10.8 Å². The fourth-order valence-corrected chi connectivity index (χ4v) is 3.14. The summed E-state index contributed by atoms with van der Waals surface area (Å²) >= 11 is 0. The molecule has 4 nitrogen and oxygen atoms in total. The molecule has 2 atom stereocenters. The molecule has 2 unspecified atom stereocenters. The molecule has 2 spiro atoms. The van der Waals surface area contributed by atoms with Gasteiger partial charge in [-0.1, -0.05) is 0 Å². The van der Waals surface area contributed by atoms with E-state index in [2.05, 4.69) is 5.32 Å². The molecule has 3 aliphatic rings. The van der Waals surface area contributed by atoms with Crippen LogP contribution in [0.15, 0.2) is 0 Å². The number of carbonyl (C=O) groups excluding carboxylic acids is 3. The molecular weight excluding hydrogens is 206 g/mol. The lowest BCUT2D eigenvalue weighted by atomic mass is 9.66. The predicted octanol–water partition coefficient (Wildman–Crippen LogP) is 0.593. The first kappa shape index (κ1) is 10.00. The third-order valence-electron chi connectivity index (χ3n) is 4.55. The van der Waals surface area contributed by atoms with Gasteiger partial charge in [0.25, 0.3) is 0 Å². The monoisotopic (exact) mass is 221 g/mol. The summed E-state index contributed by atoms with van der Waals surface area (Å²) in [5.41, 5.74) is -1.15. The Morgan fingerprint density at radius 2 is 1.75 bits per heavy atom. The summed E-state index contributed by atoms with van der Waals surface area (Å²) in [6.45, 7) is 1.66. The number of hydrogen-bond acceptors (Lipinski definition) is 3. The van der Waals surface area contributed by atoms with Crippen molar-refractivity contribution in [2.24, 2.45) is 10.8 Å². The maximum absolute atomic E-state index is 12.2. The maximum Gasteiger partial charge on any atom is 0.241 e. The second kappa shape index (κ2) is 2.73. The highest BCUT2D eigenvalue weighted by atomic mass is 16.2. The van der Waals surface area contributed by atoms with Crippen LogP contribution >= 0.6 is 0 Å². The first-order valence-corrected chi connectivity index (χ1v) is 5.89. The predicted molar refractivity (Wildman–Crippen MR) is 55.6 cm³/mol. The molecular formula is C12H15NO3. The van der Waals surface area contributed by atoms with Gasteiger partial charge in [-0.2, -0.15) is 0 Å². The van der Waals surface area contributed by atoms with E-state index in [1.54, 1.807) is 6.92 Å². The van der Waals surface area contributed by atoms with Crippen LogP contribution in [0.5, 0.6) is 0 Å². The molecule has 0 aromatic heterocycles. The minimum absolute atomic E-state index is 0.136. The summed E-state index contributed by atoms with van der Waals surface area (Å²) in [6.07, 6.45) is 3.88. The highest BCUT2D eigenvalue weighted by Crippen LogP contribution is 2.59. The number of rotatable bonds is 0. The molecule has 0 aromatic carbocycles. The van der Waals surface area contributed by atoms with Gasteiger partial charge < -0.3 is 5.32 Å². The van der Waals surface area contributed by atoms with Crippen molar-refractivity contribution in [1.82, 2.24) is 5.32 Å². The van der Waals surface area contributed by atoms with Crippen molar-refractivity contribution >= 4 is 17.5 Å². The lowest BCUT2D eigenvalue weighted by molar-refractivity contribution is -0.149. The number of amides is 1. The standard InChI is InChI=1S/C12H15NO3/c1-7-9(15)12(10(16)13-7)5-4-11(2-3-11)6-8(12)14/h7H,2-6H2,1H3,(H,13,16). The van der Waals surface area contributed by atoms with Crippen molar-refractivity contribution in [2.45, 2.75) is 45.1 Å². The van der Waals surface area contributed by atoms with E-state index < -0.39 is 11.5 Å². The summed E-state index contributed by atoms with van der Waals surface area (Å²) in [6, 6.07) is -0.496. The highest BCUT2D eigenvalue weighted by Gasteiger charge is 2.64. The summed E-state index contributed by atoms with van der Waals surface area (Å²) in [7, 11) is 0. The fourth-order valence-electron chi connectivity index (χ4n) is 3.14. The Balaban J connectivity index is 1.96. The fraction of sp³-hybridized carbons (Fsp3) is 0.750. The minimum Gasteiger partial charge on any atom is -0.345 e. The van der Waals surface area contributed by atoms with E-state index in [1.165, 1.54) is 0 Å². The molecule has 0 aromatic rings. The van der Waals surface area contributed by atoms with Crippen molar-refractivity contribution in [1.29, 1.82) is 0 Å². The van der Waals surface area contributed by atoms with Crippen LogP contribution in [0.4, 0.5) is 0 Å². The van der Waals surface area contributed by atoms with E-state index in [1.807, 2.05) is 0 Å². The van der Waals surface area contributed by atoms with Crippen LogP contribution < -0.4 is 5.32 Å². The number of Topliss-reactive ketones (excluding diaryl/α,β-unsaturated/α-hetero) is 2. The SMILES string of the molecule is CC1NC(=O)C2(CCC3(CC3)CC2=O)C1=O. The number of hydrogen-bond donors (Lipinski definition) is 1. The zero-order valence-electron chi connectivity index (χ0n) is 9.34. The van der Waals surface area contributed by atoms with Crippen molar-refractivity contribution in [3.63, 3.8) is 0 Å². The topological polar surface area (TPSA) is 63.2 Å². The molecule has 2 aliphatic carbocycles. The van der Waals surface area contributed by atoms with Crippen LogP contribution in [-0.4, -0.2) is 23.5 Å². The van der Waals surface area contributed by atoms with Gasteiger partial charge in [0.2, 0.25) is 5.91 Å². The van der Waals surface area contributed by atoms with Gasteiger partial charge in [-0.3, -0.25) is 14.4 Å². The third-order valence-corrected chi connectivity index (χ3v) is 4.55. The molecule has 86 valence electrons. The Kier molecular flexibility index (Phi) is 1.71. The number of ketones is 2. The molecule has 0 radical (unpaired) electrons. The van der Waals surface area contributed by atoms with Crippen LogP contribution in [0.25, 0.3) is 0 Å². The van der Waals surface area contributed by atoms with E-state index in [0.717, 1.165) is 19.3 Å². The first-order valence-electron chi connectivity index (χ1n) is 5.89. The van der Waals surface area contributed by atoms with Crippen molar-refractivity contribution < 1.29 is 14.4 Å². The van der Waals surface area contributed by atoms with Gasteiger partial charge in [0.15, 0.2) is 17.0 Å². The average Bonchev–Trinajstić information content (AvgIpc) is 2.92. The quantitative estimate of drug-likeness (QED) is 0.609. The van der Waals surface area contributed by atoms with Gasteiger partial charge in [-0.25, -0.2) is 0 Å². The smallest absolute Gasteiger partial charge is 0.241 e. The Morgan fingerprint density at radius 1 is 1.12 bits per heavy atom. The van der Waals surface area contributed by atoms with Gasteiger partial charge in [0, 0.05) is 6.42 Å². The molecule has 1 aliphatic heterocycles. The Hall–Kier alpha value is -1.19. The third kappa shape index (κ3) is 1.02. The Morgan fingerprint density at radius 3 is 2.19 bits per heavy atom. The van der Waals surface area contributed by atoms with Crippen LogP contribution in [0.1, 0.15) is 39.0 Å². The highest BCUT2D eigenvalue weighted by molar-refractivity contribution is 6.29. The second-order valence-corrected chi connectivity index (χ2v) is 5.56. The maximum atomic E-state index is 12.2. The summed E-state index contributed by atoms with van der Waals surface area (Å²) < 4.78 is 0. The molecule has 4 heteroatoms. The molecule has 16 heavy (non-hydrogen) atoms. The summed E-state index contributed by atoms with van der Waals surface area (Å²) in [5, 5.41) is 2.60. The molecule has 3 rings (SSSR count). The molecule has 1 saturated heterocycles. The lowest BCUT2D eigenvalue weighted by Gasteiger charge is -2.32. The van der Waals surface area contributed by atoms with Gasteiger partial charge in [0.05, 0.1) is 6.04 Å². The van der Waals surface area contributed by atoms with E-state index in [-0.39, 0.29) is 22.9 Å². The number of carbonyl (C=O) groups is 3. The van der Waals surface area contributed by atoms with Gasteiger partial charge >= 0.3 is 0 Å². The zero-order valence-corrected chi connectivity index (χ0v) is 9.34. The van der Waals surface area contributed by atoms with Crippen LogP contribution in [0.3, 0.4) is 0 Å². The largest absolute Gasteiger partial charge is 0.345 e. The van der Waals surface area contributed by atoms with Crippen molar-refractivity contribution in [2.75, 3.05) is 0 Å². The minimum atomic E-state index is -1.31. The summed E-state index contributed by atoms with van der Waals surface area (Å²) in [4.78, 5) is 36.0. The molecule has 1 N–H and O–H groups in total. The molecule has 3 fully saturated rings. The number of nitrogens with one attached hydrogen (secondary N) is 1. The van der Waals surface area contributed by atoms with E-state index in [9.17, 15) is 14.4 Å². The average molecular weight is 221 g/mol. The van der Waals surface area contributed by atoms with E-state index in [0.29, 0.717) is 12.8 Å². The Bertz CT molecular complexity index is 410. The van der Waals surface area contributed by atoms with Gasteiger partial charge in [-0.05, 0) is 38.0 Å². The molecule has 1 amide bonds. The van der Waals surface area contributed by atoms with Crippen LogP contribution in [0.2, 0.25) is 0 Å². The second-order valence-electron chi connectivity index (χ2n) is 5.56. The van der Waals surface area contributed by atoms with E-state index >= 15 is 0 Å². The van der Waals surface area contributed by atoms with Crippen molar-refractivity contribution in [3.05, 3.63) is 0 Å².